The van der Waals surface area contributed by atoms with Gasteiger partial charge in [0.1, 0.15) is 12.0 Å². The van der Waals surface area contributed by atoms with Crippen molar-refractivity contribution < 1.29 is 0 Å². The average Bonchev–Trinajstić information content (AvgIpc) is 2.85. The molecule has 3 nitrogen and oxygen atoms in total. The highest BCUT2D eigenvalue weighted by atomic mass is 32.1. The summed E-state index contributed by atoms with van der Waals surface area (Å²) in [6.07, 6.45) is 5.11. The summed E-state index contributed by atoms with van der Waals surface area (Å²) in [5.41, 5.74) is 3.20. The largest absolute Gasteiger partial charge is 0.305 e. The van der Waals surface area contributed by atoms with E-state index in [1.807, 2.05) is 6.07 Å². The van der Waals surface area contributed by atoms with Gasteiger partial charge in [-0.1, -0.05) is 37.1 Å². The minimum atomic E-state index is 0.873. The Hall–Kier alpha value is -1.33. The van der Waals surface area contributed by atoms with Crippen molar-refractivity contribution in [1.29, 1.82) is 0 Å². The van der Waals surface area contributed by atoms with Crippen LogP contribution in [0.4, 0.5) is 0 Å². The Balaban J connectivity index is 2.33. The fourth-order valence-electron chi connectivity index (χ4n) is 2.27. The van der Waals surface area contributed by atoms with Crippen molar-refractivity contribution in [3.8, 4) is 11.4 Å². The first-order valence-electron chi connectivity index (χ1n) is 6.44. The molecule has 3 aliphatic rings. The lowest BCUT2D eigenvalue weighted by Crippen LogP contribution is -2.00. The highest BCUT2D eigenvalue weighted by Gasteiger charge is 2.11. The molecule has 0 saturated heterocycles. The predicted molar refractivity (Wildman–Crippen MR) is 80.2 cm³/mol. The Kier molecular flexibility index (Phi) is 3.33. The van der Waals surface area contributed by atoms with Gasteiger partial charge < -0.3 is 3.96 Å². The summed E-state index contributed by atoms with van der Waals surface area (Å²) in [5, 5.41) is 1.14. The van der Waals surface area contributed by atoms with Gasteiger partial charge in [-0.2, -0.15) is 0 Å². The van der Waals surface area contributed by atoms with Crippen LogP contribution in [0, 0.1) is 14.3 Å². The van der Waals surface area contributed by atoms with Gasteiger partial charge in [-0.25, -0.2) is 9.97 Å². The molecule has 2 heterocycles. The average molecular weight is 289 g/mol. The van der Waals surface area contributed by atoms with E-state index in [2.05, 4.69) is 34.0 Å². The smallest absolute Gasteiger partial charge is 0.116 e. The van der Waals surface area contributed by atoms with Crippen LogP contribution in [-0.2, 0) is 13.5 Å². The van der Waals surface area contributed by atoms with Crippen LogP contribution in [-0.4, -0.2) is 13.9 Å². The molecule has 0 saturated carbocycles. The highest BCUT2D eigenvalue weighted by molar-refractivity contribution is 7.71. The van der Waals surface area contributed by atoms with Crippen molar-refractivity contribution in [3.63, 3.8) is 0 Å². The topological polar surface area (TPSA) is 30.7 Å². The molecule has 0 aromatic carbocycles. The molecule has 0 fully saturated rings. The number of hydrogen-bond acceptors (Lipinski definition) is 4. The molecule has 0 bridgehead atoms. The number of aryl methyl sites for hydroxylation is 2. The van der Waals surface area contributed by atoms with Crippen LogP contribution in [0.5, 0.6) is 0 Å². The Morgan fingerprint density at radius 1 is 1.32 bits per heavy atom. The van der Waals surface area contributed by atoms with E-state index in [1.165, 1.54) is 18.5 Å². The summed E-state index contributed by atoms with van der Waals surface area (Å²) in [6, 6.07) is 4.17. The minimum Gasteiger partial charge on any atom is -0.305 e. The number of fused-ring (bicyclic) bond motifs is 2. The number of rotatable bonds is 3. The van der Waals surface area contributed by atoms with Gasteiger partial charge in [0.2, 0.25) is 0 Å². The molecule has 0 amide bonds. The lowest BCUT2D eigenvalue weighted by atomic mass is 10.1. The van der Waals surface area contributed by atoms with Crippen molar-refractivity contribution in [3.05, 3.63) is 38.4 Å². The standard InChI is InChI=1S/C14H15N3S2/c1-3-4-5-9-6-10-12(18)7-11-13(16-8-15-11)14(10)19-17(9)2/h6-8H,3-5H2,1-2H3. The third-order valence-electron chi connectivity index (χ3n) is 3.35. The molecule has 0 unspecified atom stereocenters. The molecular formula is C14H15N3S2. The molecule has 0 aromatic heterocycles. The SMILES string of the molecule is CCCCc1cc2c(=S)cc3ncnc-3c=2sn1C. The summed E-state index contributed by atoms with van der Waals surface area (Å²) in [6.45, 7) is 2.21. The summed E-state index contributed by atoms with van der Waals surface area (Å²) < 4.78 is 4.24. The van der Waals surface area contributed by atoms with Gasteiger partial charge in [0.15, 0.2) is 0 Å². The predicted octanol–water partition coefficient (Wildman–Crippen LogP) is 3.78. The minimum absolute atomic E-state index is 0.873. The molecule has 5 heteroatoms. The van der Waals surface area contributed by atoms with E-state index in [0.717, 1.165) is 32.1 Å². The molecule has 0 atom stereocenters. The number of hydrogen-bond donors (Lipinski definition) is 0. The van der Waals surface area contributed by atoms with E-state index in [9.17, 15) is 0 Å². The first-order chi connectivity index (χ1) is 9.20. The maximum Gasteiger partial charge on any atom is 0.116 e. The molecule has 19 heavy (non-hydrogen) atoms. The quantitative estimate of drug-likeness (QED) is 0.688. The molecule has 2 aliphatic heterocycles. The zero-order valence-corrected chi connectivity index (χ0v) is 12.6. The summed E-state index contributed by atoms with van der Waals surface area (Å²) in [4.78, 5) is 8.61. The van der Waals surface area contributed by atoms with Crippen molar-refractivity contribution >= 4 is 23.8 Å². The van der Waals surface area contributed by atoms with Crippen molar-refractivity contribution in [2.24, 2.45) is 7.05 Å². The summed E-state index contributed by atoms with van der Waals surface area (Å²) in [7, 11) is 2.10. The third-order valence-corrected chi connectivity index (χ3v) is 4.79. The Bertz CT molecular complexity index is 803. The van der Waals surface area contributed by atoms with E-state index in [1.54, 1.807) is 17.9 Å². The molecule has 3 rings (SSSR count). The van der Waals surface area contributed by atoms with Crippen molar-refractivity contribution in [2.75, 3.05) is 0 Å². The second-order valence-corrected chi connectivity index (χ2v) is 6.27. The first-order valence-corrected chi connectivity index (χ1v) is 7.62. The van der Waals surface area contributed by atoms with Crippen LogP contribution in [0.2, 0.25) is 0 Å². The number of unbranched alkanes of at least 4 members (excludes halogenated alkanes) is 1. The van der Waals surface area contributed by atoms with E-state index in [0.29, 0.717) is 0 Å². The van der Waals surface area contributed by atoms with Gasteiger partial charge in [-0.3, -0.25) is 0 Å². The molecule has 0 spiro atoms. The van der Waals surface area contributed by atoms with E-state index < -0.39 is 0 Å². The lowest BCUT2D eigenvalue weighted by molar-refractivity contribution is 0.748. The Morgan fingerprint density at radius 2 is 2.16 bits per heavy atom. The molecule has 1 aliphatic carbocycles. The van der Waals surface area contributed by atoms with Crippen molar-refractivity contribution in [1.82, 2.24) is 13.9 Å². The number of imidazole rings is 1. The Morgan fingerprint density at radius 3 is 2.95 bits per heavy atom. The monoisotopic (exact) mass is 289 g/mol. The van der Waals surface area contributed by atoms with E-state index in [-0.39, 0.29) is 0 Å². The van der Waals surface area contributed by atoms with Gasteiger partial charge in [0.25, 0.3) is 0 Å². The van der Waals surface area contributed by atoms with Crippen LogP contribution < -0.4 is 0 Å². The molecular weight excluding hydrogens is 274 g/mol. The molecule has 0 aromatic rings. The summed E-state index contributed by atoms with van der Waals surface area (Å²) in [5.74, 6) is 0. The van der Waals surface area contributed by atoms with Crippen LogP contribution in [0.3, 0.4) is 0 Å². The maximum absolute atomic E-state index is 5.49. The van der Waals surface area contributed by atoms with Gasteiger partial charge in [-0.05, 0) is 25.0 Å². The number of nitrogens with zero attached hydrogens (tertiary/aromatic N) is 3. The maximum atomic E-state index is 5.49. The van der Waals surface area contributed by atoms with E-state index >= 15 is 0 Å². The Labute approximate surface area is 121 Å². The first kappa shape index (κ1) is 12.7. The van der Waals surface area contributed by atoms with Gasteiger partial charge in [-0.15, -0.1) is 0 Å². The van der Waals surface area contributed by atoms with E-state index in [4.69, 9.17) is 12.2 Å². The summed E-state index contributed by atoms with van der Waals surface area (Å²) >= 11 is 7.21. The zero-order valence-electron chi connectivity index (χ0n) is 11.0. The van der Waals surface area contributed by atoms with Gasteiger partial charge in [0.05, 0.1) is 10.2 Å². The third kappa shape index (κ3) is 2.17. The molecule has 98 valence electrons. The normalized spacial score (nSPS) is 11.5. The van der Waals surface area contributed by atoms with Crippen LogP contribution >= 0.6 is 23.8 Å². The van der Waals surface area contributed by atoms with Crippen LogP contribution in [0.1, 0.15) is 25.5 Å². The second-order valence-electron chi connectivity index (χ2n) is 4.69. The zero-order chi connectivity index (χ0) is 13.4. The van der Waals surface area contributed by atoms with Crippen molar-refractivity contribution in [2.45, 2.75) is 26.2 Å². The van der Waals surface area contributed by atoms with Gasteiger partial charge in [0, 0.05) is 22.5 Å². The van der Waals surface area contributed by atoms with Crippen LogP contribution in [0.15, 0.2) is 18.5 Å². The molecule has 0 N–H and O–H groups in total. The van der Waals surface area contributed by atoms with Gasteiger partial charge >= 0.3 is 0 Å². The number of aromatic nitrogens is 3. The molecule has 0 radical (unpaired) electrons. The van der Waals surface area contributed by atoms with Crippen LogP contribution in [0.25, 0.3) is 11.4 Å². The fraction of sp³-hybridized carbons (Fsp3) is 0.357. The lowest BCUT2D eigenvalue weighted by Gasteiger charge is -2.09. The highest BCUT2D eigenvalue weighted by Crippen LogP contribution is 2.24. The second kappa shape index (κ2) is 4.98. The fourth-order valence-corrected chi connectivity index (χ4v) is 3.65.